The summed E-state index contributed by atoms with van der Waals surface area (Å²) in [6.45, 7) is 2.06. The van der Waals surface area contributed by atoms with Gasteiger partial charge in [0.25, 0.3) is 0 Å². The average molecular weight is 399 g/mol. The van der Waals surface area contributed by atoms with Crippen LogP contribution in [0.1, 0.15) is 0 Å². The number of methoxy groups -OCH3 is 1. The fourth-order valence-electron chi connectivity index (χ4n) is 2.72. The molecule has 6 nitrogen and oxygen atoms in total. The fourth-order valence-corrected chi connectivity index (χ4v) is 4.23. The molecule has 3 rings (SSSR count). The normalized spacial score (nSPS) is 18.3. The number of thioether (sulfide) groups is 1. The average Bonchev–Trinajstić information content (AvgIpc) is 2.90. The maximum absolute atomic E-state index is 11.8. The fraction of sp³-hybridized carbons (Fsp3) is 0.438. The molecule has 1 fully saturated rings. The number of benzene rings is 1. The van der Waals surface area contributed by atoms with Gasteiger partial charge in [0.15, 0.2) is 10.6 Å². The first-order valence-electron chi connectivity index (χ1n) is 7.81. The predicted octanol–water partition coefficient (Wildman–Crippen LogP) is 2.82. The van der Waals surface area contributed by atoms with Crippen LogP contribution in [0.2, 0.25) is 5.02 Å². The summed E-state index contributed by atoms with van der Waals surface area (Å²) in [6, 6.07) is 7.52. The van der Waals surface area contributed by atoms with E-state index in [-0.39, 0.29) is 11.2 Å². The van der Waals surface area contributed by atoms with Crippen molar-refractivity contribution in [1.82, 2.24) is 19.2 Å². The van der Waals surface area contributed by atoms with Crippen LogP contribution in [0, 0.1) is 4.77 Å². The lowest BCUT2D eigenvalue weighted by Gasteiger charge is -2.30. The second-order valence-corrected chi connectivity index (χ2v) is 7.88. The van der Waals surface area contributed by atoms with Crippen LogP contribution < -0.4 is 0 Å². The number of aromatic nitrogens is 3. The Morgan fingerprint density at radius 1 is 1.44 bits per heavy atom. The Labute approximate surface area is 160 Å². The topological polar surface area (TPSA) is 52.3 Å². The summed E-state index contributed by atoms with van der Waals surface area (Å²) < 4.78 is 9.17. The van der Waals surface area contributed by atoms with Gasteiger partial charge in [-0.05, 0) is 36.5 Å². The number of hydrogen-bond acceptors (Lipinski definition) is 6. The minimum atomic E-state index is -0.179. The number of carbonyl (C=O) groups is 1. The molecule has 134 valence electrons. The lowest BCUT2D eigenvalue weighted by molar-refractivity contribution is -0.140. The van der Waals surface area contributed by atoms with Gasteiger partial charge in [0.2, 0.25) is 0 Å². The van der Waals surface area contributed by atoms with E-state index in [9.17, 15) is 4.79 Å². The molecule has 0 bridgehead atoms. The van der Waals surface area contributed by atoms with Crippen LogP contribution in [0.25, 0.3) is 11.4 Å². The van der Waals surface area contributed by atoms with Gasteiger partial charge in [0.05, 0.1) is 13.8 Å². The van der Waals surface area contributed by atoms with E-state index in [1.165, 1.54) is 7.11 Å². The molecule has 1 saturated heterocycles. The quantitative estimate of drug-likeness (QED) is 0.583. The van der Waals surface area contributed by atoms with Crippen molar-refractivity contribution in [1.29, 1.82) is 0 Å². The van der Waals surface area contributed by atoms with E-state index in [4.69, 9.17) is 28.6 Å². The standard InChI is InChI=1S/C16H19ClN4O2S2/c1-19-14(11-3-5-12(17)6-4-11)18-21(16(19)24)10-20-7-8-25-13(9-20)15(22)23-2/h3-6,13H,7-10H2,1-2H3/t13-/m0/s1. The van der Waals surface area contributed by atoms with Crippen molar-refractivity contribution in [2.24, 2.45) is 7.05 Å². The van der Waals surface area contributed by atoms with Crippen LogP contribution in [-0.2, 0) is 23.2 Å². The maximum atomic E-state index is 11.8. The molecule has 0 spiro atoms. The summed E-state index contributed by atoms with van der Waals surface area (Å²) in [5.41, 5.74) is 0.957. The zero-order chi connectivity index (χ0) is 18.0. The summed E-state index contributed by atoms with van der Waals surface area (Å²) in [5.74, 6) is 1.49. The highest BCUT2D eigenvalue weighted by Crippen LogP contribution is 2.22. The number of nitrogens with zero attached hydrogens (tertiary/aromatic N) is 4. The highest BCUT2D eigenvalue weighted by atomic mass is 35.5. The largest absolute Gasteiger partial charge is 0.468 e. The van der Waals surface area contributed by atoms with E-state index in [0.717, 1.165) is 23.7 Å². The molecule has 1 aliphatic rings. The van der Waals surface area contributed by atoms with E-state index in [1.807, 2.05) is 35.9 Å². The molecule has 0 unspecified atom stereocenters. The molecule has 0 N–H and O–H groups in total. The number of ether oxygens (including phenoxy) is 1. The van der Waals surface area contributed by atoms with Gasteiger partial charge in [-0.25, -0.2) is 4.68 Å². The molecule has 9 heteroatoms. The van der Waals surface area contributed by atoms with Crippen LogP contribution >= 0.6 is 35.6 Å². The summed E-state index contributed by atoms with van der Waals surface area (Å²) in [6.07, 6.45) is 0. The van der Waals surface area contributed by atoms with Gasteiger partial charge in [-0.2, -0.15) is 5.10 Å². The third kappa shape index (κ3) is 4.08. The molecule has 1 atom stereocenters. The second kappa shape index (κ2) is 7.90. The van der Waals surface area contributed by atoms with Crippen LogP contribution in [0.3, 0.4) is 0 Å². The van der Waals surface area contributed by atoms with Gasteiger partial charge in [0.1, 0.15) is 5.25 Å². The Kier molecular flexibility index (Phi) is 5.83. The molecular weight excluding hydrogens is 380 g/mol. The molecule has 0 saturated carbocycles. The van der Waals surface area contributed by atoms with Crippen molar-refractivity contribution in [3.63, 3.8) is 0 Å². The molecular formula is C16H19ClN4O2S2. The van der Waals surface area contributed by atoms with Gasteiger partial charge < -0.3 is 9.30 Å². The third-order valence-electron chi connectivity index (χ3n) is 4.09. The Balaban J connectivity index is 1.79. The molecule has 0 radical (unpaired) electrons. The first-order valence-corrected chi connectivity index (χ1v) is 9.64. The zero-order valence-electron chi connectivity index (χ0n) is 14.0. The third-order valence-corrected chi connectivity index (χ3v) is 5.99. The van der Waals surface area contributed by atoms with E-state index in [0.29, 0.717) is 23.0 Å². The molecule has 2 heterocycles. The minimum absolute atomic E-state index is 0.160. The van der Waals surface area contributed by atoms with Gasteiger partial charge in [-0.1, -0.05) is 11.6 Å². The second-order valence-electron chi connectivity index (χ2n) is 5.77. The van der Waals surface area contributed by atoms with Crippen LogP contribution in [-0.4, -0.2) is 56.4 Å². The van der Waals surface area contributed by atoms with Crippen LogP contribution in [0.5, 0.6) is 0 Å². The summed E-state index contributed by atoms with van der Waals surface area (Å²) in [4.78, 5) is 13.9. The molecule has 1 aliphatic heterocycles. The van der Waals surface area contributed by atoms with Gasteiger partial charge in [-0.15, -0.1) is 11.8 Å². The summed E-state index contributed by atoms with van der Waals surface area (Å²) in [5, 5.41) is 5.19. The van der Waals surface area contributed by atoms with E-state index >= 15 is 0 Å². The Morgan fingerprint density at radius 2 is 2.16 bits per heavy atom. The first-order chi connectivity index (χ1) is 12.0. The van der Waals surface area contributed by atoms with E-state index < -0.39 is 0 Å². The highest BCUT2D eigenvalue weighted by molar-refractivity contribution is 8.00. The Hall–Kier alpha value is -1.35. The van der Waals surface area contributed by atoms with Crippen LogP contribution in [0.15, 0.2) is 24.3 Å². The molecule has 1 aromatic carbocycles. The van der Waals surface area contributed by atoms with Crippen molar-refractivity contribution < 1.29 is 9.53 Å². The number of carbonyl (C=O) groups excluding carboxylic acids is 1. The van der Waals surface area contributed by atoms with Gasteiger partial charge >= 0.3 is 5.97 Å². The molecule has 0 amide bonds. The van der Waals surface area contributed by atoms with Crippen molar-refractivity contribution in [3.05, 3.63) is 34.1 Å². The zero-order valence-corrected chi connectivity index (χ0v) is 16.4. The Morgan fingerprint density at radius 3 is 2.84 bits per heavy atom. The summed E-state index contributed by atoms with van der Waals surface area (Å²) in [7, 11) is 3.33. The van der Waals surface area contributed by atoms with Gasteiger partial charge in [0, 0.05) is 36.5 Å². The SMILES string of the molecule is COC(=O)[C@@H]1CN(Cn2nc(-c3ccc(Cl)cc3)n(C)c2=S)CCS1. The highest BCUT2D eigenvalue weighted by Gasteiger charge is 2.27. The van der Waals surface area contributed by atoms with E-state index in [1.54, 1.807) is 16.4 Å². The van der Waals surface area contributed by atoms with Gasteiger partial charge in [-0.3, -0.25) is 9.69 Å². The molecule has 0 aliphatic carbocycles. The predicted molar refractivity (Wildman–Crippen MR) is 102 cm³/mol. The van der Waals surface area contributed by atoms with Crippen molar-refractivity contribution >= 4 is 41.6 Å². The number of esters is 1. The Bertz CT molecular complexity index is 819. The lowest BCUT2D eigenvalue weighted by atomic mass is 10.2. The number of halogens is 1. The van der Waals surface area contributed by atoms with Crippen LogP contribution in [0.4, 0.5) is 0 Å². The van der Waals surface area contributed by atoms with Crippen molar-refractivity contribution in [2.75, 3.05) is 26.0 Å². The smallest absolute Gasteiger partial charge is 0.320 e. The number of hydrogen-bond donors (Lipinski definition) is 0. The molecule has 25 heavy (non-hydrogen) atoms. The van der Waals surface area contributed by atoms with E-state index in [2.05, 4.69) is 10.00 Å². The minimum Gasteiger partial charge on any atom is -0.468 e. The monoisotopic (exact) mass is 398 g/mol. The van der Waals surface area contributed by atoms with Crippen molar-refractivity contribution in [3.8, 4) is 11.4 Å². The van der Waals surface area contributed by atoms with Crippen molar-refractivity contribution in [2.45, 2.75) is 11.9 Å². The lowest BCUT2D eigenvalue weighted by Crippen LogP contribution is -2.42. The molecule has 2 aromatic rings. The maximum Gasteiger partial charge on any atom is 0.320 e. The molecule has 1 aromatic heterocycles. The summed E-state index contributed by atoms with van der Waals surface area (Å²) >= 11 is 13.1. The first kappa shape index (κ1) is 18.4. The number of rotatable bonds is 4.